The summed E-state index contributed by atoms with van der Waals surface area (Å²) in [7, 11) is -1.53. The summed E-state index contributed by atoms with van der Waals surface area (Å²) in [6.07, 6.45) is 2.86. The van der Waals surface area contributed by atoms with E-state index in [4.69, 9.17) is 5.48 Å². The maximum Gasteiger partial charge on any atom is 0.0799 e. The molecule has 2 aromatic rings. The lowest BCUT2D eigenvalue weighted by Crippen LogP contribution is -2.40. The third-order valence-electron chi connectivity index (χ3n) is 3.25. The van der Waals surface area contributed by atoms with E-state index in [-0.39, 0.29) is 24.2 Å². The smallest absolute Gasteiger partial charge is 0.0799 e. The molecule has 1 aromatic heterocycles. The Labute approximate surface area is 129 Å². The molecule has 0 aliphatic carbocycles. The van der Waals surface area contributed by atoms with Crippen LogP contribution >= 0.6 is 0 Å². The standard InChI is InChI=1S/C18H25NSi/c1-14(2)11-16-12-17(15-9-7-6-8-10-15)19-13-18(16)20(3,4)5/h6-10,12-14H,11H2,1-5H3/i6D,7D,8D,9D. The van der Waals surface area contributed by atoms with E-state index in [9.17, 15) is 0 Å². The zero-order valence-electron chi connectivity index (χ0n) is 17.0. The van der Waals surface area contributed by atoms with Crippen LogP contribution in [-0.4, -0.2) is 13.1 Å². The molecule has 0 N–H and O–H groups in total. The van der Waals surface area contributed by atoms with Crippen LogP contribution in [0.25, 0.3) is 11.3 Å². The van der Waals surface area contributed by atoms with Gasteiger partial charge in [-0.15, -0.1) is 0 Å². The van der Waals surface area contributed by atoms with Crippen LogP contribution in [0.5, 0.6) is 0 Å². The topological polar surface area (TPSA) is 12.9 Å². The van der Waals surface area contributed by atoms with Gasteiger partial charge in [0.1, 0.15) is 0 Å². The van der Waals surface area contributed by atoms with Crippen LogP contribution < -0.4 is 5.19 Å². The second-order valence-electron chi connectivity index (χ2n) is 6.65. The van der Waals surface area contributed by atoms with Crippen LogP contribution in [0.1, 0.15) is 24.9 Å². The van der Waals surface area contributed by atoms with Crippen LogP contribution in [0.2, 0.25) is 19.6 Å². The third kappa shape index (κ3) is 3.57. The monoisotopic (exact) mass is 287 g/mol. The Hall–Kier alpha value is -1.41. The normalized spacial score (nSPS) is 14.7. The van der Waals surface area contributed by atoms with Crippen molar-refractivity contribution in [3.05, 3.63) is 48.1 Å². The van der Waals surface area contributed by atoms with Gasteiger partial charge in [-0.05, 0) is 29.2 Å². The molecule has 0 atom stereocenters. The minimum absolute atomic E-state index is 0.0280. The maximum atomic E-state index is 8.14. The first-order valence-corrected chi connectivity index (χ1v) is 10.6. The highest BCUT2D eigenvalue weighted by Crippen LogP contribution is 2.20. The summed E-state index contributed by atoms with van der Waals surface area (Å²) >= 11 is 0. The summed E-state index contributed by atoms with van der Waals surface area (Å²) in [6.45, 7) is 11.2. The summed E-state index contributed by atoms with van der Waals surface area (Å²) in [4.78, 5) is 4.54. The first-order valence-electron chi connectivity index (χ1n) is 9.09. The van der Waals surface area contributed by atoms with Crippen LogP contribution in [0.3, 0.4) is 0 Å². The van der Waals surface area contributed by atoms with E-state index < -0.39 is 8.07 Å². The first kappa shape index (κ1) is 10.3. The van der Waals surface area contributed by atoms with Crippen molar-refractivity contribution in [3.63, 3.8) is 0 Å². The van der Waals surface area contributed by atoms with Crippen molar-refractivity contribution in [1.82, 2.24) is 4.98 Å². The highest BCUT2D eigenvalue weighted by atomic mass is 28.3. The van der Waals surface area contributed by atoms with Crippen LogP contribution in [0.4, 0.5) is 0 Å². The molecule has 1 nitrogen and oxygen atoms in total. The Morgan fingerprint density at radius 3 is 2.60 bits per heavy atom. The fourth-order valence-electron chi connectivity index (χ4n) is 2.35. The van der Waals surface area contributed by atoms with Gasteiger partial charge in [0, 0.05) is 11.8 Å². The Morgan fingerprint density at radius 1 is 1.20 bits per heavy atom. The molecular weight excluding hydrogens is 258 g/mol. The summed E-state index contributed by atoms with van der Waals surface area (Å²) in [6, 6.07) is 3.03. The zero-order chi connectivity index (χ0) is 18.2. The van der Waals surface area contributed by atoms with E-state index in [0.717, 1.165) is 6.42 Å². The van der Waals surface area contributed by atoms with Crippen molar-refractivity contribution in [2.45, 2.75) is 39.9 Å². The Morgan fingerprint density at radius 2 is 1.95 bits per heavy atom. The largest absolute Gasteiger partial charge is 0.256 e. The number of rotatable bonds is 4. The molecule has 0 aliphatic rings. The molecule has 0 aliphatic heterocycles. The Kier molecular flexibility index (Phi) is 3.06. The minimum Gasteiger partial charge on any atom is -0.256 e. The molecule has 106 valence electrons. The lowest BCUT2D eigenvalue weighted by atomic mass is 10.0. The average Bonchev–Trinajstić information content (AvgIpc) is 2.47. The van der Waals surface area contributed by atoms with Crippen LogP contribution in [0, 0.1) is 5.92 Å². The van der Waals surface area contributed by atoms with Gasteiger partial charge in [-0.3, -0.25) is 4.98 Å². The number of benzene rings is 1. The van der Waals surface area contributed by atoms with Gasteiger partial charge >= 0.3 is 0 Å². The predicted molar refractivity (Wildman–Crippen MR) is 91.2 cm³/mol. The van der Waals surface area contributed by atoms with Crippen LogP contribution in [-0.2, 0) is 6.42 Å². The number of hydrogen-bond acceptors (Lipinski definition) is 1. The van der Waals surface area contributed by atoms with Crippen molar-refractivity contribution in [2.75, 3.05) is 0 Å². The second kappa shape index (κ2) is 5.92. The van der Waals surface area contributed by atoms with Gasteiger partial charge < -0.3 is 0 Å². The molecule has 2 rings (SSSR count). The van der Waals surface area contributed by atoms with Gasteiger partial charge in [0.15, 0.2) is 0 Å². The molecule has 0 spiro atoms. The number of nitrogens with zero attached hydrogens (tertiary/aromatic N) is 1. The lowest BCUT2D eigenvalue weighted by molar-refractivity contribution is 0.649. The molecule has 1 heterocycles. The van der Waals surface area contributed by atoms with Crippen LogP contribution in [0.15, 0.2) is 42.5 Å². The SMILES string of the molecule is [2H]c1cc(-c2cc(CC(C)C)c([Si](C)(C)C)cn2)c([2H])c([2H])c1[2H]. The predicted octanol–water partition coefficient (Wildman–Crippen LogP) is 4.49. The lowest BCUT2D eigenvalue weighted by Gasteiger charge is -2.22. The van der Waals surface area contributed by atoms with Gasteiger partial charge in [-0.25, -0.2) is 0 Å². The van der Waals surface area contributed by atoms with Crippen molar-refractivity contribution < 1.29 is 5.48 Å². The molecule has 2 heteroatoms. The molecule has 0 fully saturated rings. The van der Waals surface area contributed by atoms with Gasteiger partial charge in [0.25, 0.3) is 0 Å². The highest BCUT2D eigenvalue weighted by Gasteiger charge is 2.21. The van der Waals surface area contributed by atoms with E-state index in [2.05, 4.69) is 38.5 Å². The third-order valence-corrected chi connectivity index (χ3v) is 5.32. The summed E-state index contributed by atoms with van der Waals surface area (Å²) in [5.41, 5.74) is 2.34. The quantitative estimate of drug-likeness (QED) is 0.755. The van der Waals surface area contributed by atoms with E-state index in [0.29, 0.717) is 17.2 Å². The second-order valence-corrected chi connectivity index (χ2v) is 11.7. The van der Waals surface area contributed by atoms with Crippen molar-refractivity contribution in [2.24, 2.45) is 5.92 Å². The molecule has 0 amide bonds. The van der Waals surface area contributed by atoms with Gasteiger partial charge in [0.2, 0.25) is 0 Å². The van der Waals surface area contributed by atoms with Crippen molar-refractivity contribution >= 4 is 13.3 Å². The molecule has 20 heavy (non-hydrogen) atoms. The molecule has 1 aromatic carbocycles. The van der Waals surface area contributed by atoms with Gasteiger partial charge in [-0.1, -0.05) is 63.7 Å². The zero-order valence-corrected chi connectivity index (χ0v) is 14.0. The van der Waals surface area contributed by atoms with E-state index >= 15 is 0 Å². The highest BCUT2D eigenvalue weighted by molar-refractivity contribution is 6.89. The molecule has 0 unspecified atom stereocenters. The molecule has 0 radical (unpaired) electrons. The number of pyridine rings is 1. The number of hydrogen-bond donors (Lipinski definition) is 0. The Bertz CT molecular complexity index is 767. The van der Waals surface area contributed by atoms with Crippen molar-refractivity contribution in [1.29, 1.82) is 0 Å². The molecular formula is C18H25NSi. The summed E-state index contributed by atoms with van der Waals surface area (Å²) in [5.74, 6) is 0.514. The molecule has 0 saturated heterocycles. The van der Waals surface area contributed by atoms with E-state index in [1.165, 1.54) is 16.8 Å². The average molecular weight is 288 g/mol. The summed E-state index contributed by atoms with van der Waals surface area (Å²) < 4.78 is 31.5. The van der Waals surface area contributed by atoms with Gasteiger partial charge in [0.05, 0.1) is 19.3 Å². The van der Waals surface area contributed by atoms with E-state index in [1.807, 2.05) is 12.3 Å². The summed E-state index contributed by atoms with van der Waals surface area (Å²) in [5, 5.41) is 1.32. The minimum atomic E-state index is -1.53. The number of aromatic nitrogens is 1. The van der Waals surface area contributed by atoms with Crippen molar-refractivity contribution in [3.8, 4) is 11.3 Å². The fourth-order valence-corrected chi connectivity index (χ4v) is 3.93. The molecule has 0 saturated carbocycles. The Balaban J connectivity index is 2.65. The van der Waals surface area contributed by atoms with Gasteiger partial charge in [-0.2, -0.15) is 0 Å². The maximum absolute atomic E-state index is 8.14. The fraction of sp³-hybridized carbons (Fsp3) is 0.389. The first-order chi connectivity index (χ1) is 11.0. The van der Waals surface area contributed by atoms with E-state index in [1.54, 1.807) is 0 Å². The molecule has 0 bridgehead atoms.